The highest BCUT2D eigenvalue weighted by atomic mass is 16.5. The second-order valence-corrected chi connectivity index (χ2v) is 8.25. The number of fused-ring (bicyclic) bond motifs is 1. The molecule has 0 radical (unpaired) electrons. The molecule has 3 saturated heterocycles. The van der Waals surface area contributed by atoms with E-state index in [1.807, 2.05) is 42.5 Å². The maximum absolute atomic E-state index is 13.3. The number of hydrogen-bond acceptors (Lipinski definition) is 5. The number of nitrogens with zero attached hydrogens (tertiary/aromatic N) is 2. The molecule has 4 aliphatic heterocycles. The van der Waals surface area contributed by atoms with E-state index >= 15 is 0 Å². The van der Waals surface area contributed by atoms with Crippen LogP contribution in [0, 0.1) is 11.8 Å². The van der Waals surface area contributed by atoms with Gasteiger partial charge >= 0.3 is 0 Å². The molecule has 8 heteroatoms. The molecule has 4 aliphatic rings. The molecule has 4 atom stereocenters. The molecule has 1 N–H and O–H groups in total. The first kappa shape index (κ1) is 19.1. The van der Waals surface area contributed by atoms with Crippen molar-refractivity contribution in [1.29, 1.82) is 0 Å². The molecule has 158 valence electrons. The Hall–Kier alpha value is -2.87. The zero-order valence-electron chi connectivity index (χ0n) is 16.7. The number of rotatable bonds is 5. The summed E-state index contributed by atoms with van der Waals surface area (Å²) in [5, 5.41) is 2.78. The molecule has 0 saturated carbocycles. The van der Waals surface area contributed by atoms with Crippen molar-refractivity contribution >= 4 is 17.7 Å². The lowest BCUT2D eigenvalue weighted by atomic mass is 9.76. The smallest absolute Gasteiger partial charge is 0.230 e. The first-order chi connectivity index (χ1) is 14.6. The van der Waals surface area contributed by atoms with Gasteiger partial charge in [0.15, 0.2) is 0 Å². The van der Waals surface area contributed by atoms with E-state index in [2.05, 4.69) is 5.32 Å². The quantitative estimate of drug-likeness (QED) is 0.700. The highest BCUT2D eigenvalue weighted by Gasteiger charge is 2.67. The van der Waals surface area contributed by atoms with Crippen LogP contribution in [0.1, 0.15) is 6.42 Å². The summed E-state index contributed by atoms with van der Waals surface area (Å²) < 4.78 is 11.9. The third-order valence-corrected chi connectivity index (χ3v) is 6.46. The molecule has 30 heavy (non-hydrogen) atoms. The predicted octanol–water partition coefficient (Wildman–Crippen LogP) is 0.196. The number of likely N-dealkylation sites (tertiary alicyclic amines) is 1. The van der Waals surface area contributed by atoms with Crippen LogP contribution in [0.25, 0.3) is 0 Å². The third-order valence-electron chi connectivity index (χ3n) is 6.46. The van der Waals surface area contributed by atoms with E-state index in [0.717, 1.165) is 5.75 Å². The number of ether oxygens (including phenoxy) is 2. The Kier molecular flexibility index (Phi) is 4.73. The molecule has 3 fully saturated rings. The number of carbonyl (C=O) groups excluding carboxylic acids is 3. The maximum Gasteiger partial charge on any atom is 0.230 e. The monoisotopic (exact) mass is 411 g/mol. The van der Waals surface area contributed by atoms with Crippen LogP contribution in [0.15, 0.2) is 42.5 Å². The van der Waals surface area contributed by atoms with Crippen molar-refractivity contribution < 1.29 is 23.9 Å². The van der Waals surface area contributed by atoms with Gasteiger partial charge in [0.05, 0.1) is 31.0 Å². The average Bonchev–Trinajstić information content (AvgIpc) is 3.32. The van der Waals surface area contributed by atoms with Gasteiger partial charge < -0.3 is 24.6 Å². The molecular formula is C22H25N3O5. The molecular weight excluding hydrogens is 386 g/mol. The predicted molar refractivity (Wildman–Crippen MR) is 106 cm³/mol. The Balaban J connectivity index is 1.27. The molecule has 0 unspecified atom stereocenters. The number of carbonyl (C=O) groups is 3. The van der Waals surface area contributed by atoms with Gasteiger partial charge in [-0.25, -0.2) is 0 Å². The van der Waals surface area contributed by atoms with Crippen molar-refractivity contribution in [1.82, 2.24) is 15.1 Å². The van der Waals surface area contributed by atoms with E-state index in [9.17, 15) is 14.4 Å². The molecule has 8 nitrogen and oxygen atoms in total. The fraction of sp³-hybridized carbons (Fsp3) is 0.500. The minimum atomic E-state index is -0.727. The van der Waals surface area contributed by atoms with Gasteiger partial charge in [-0.2, -0.15) is 0 Å². The van der Waals surface area contributed by atoms with Crippen LogP contribution in [0.3, 0.4) is 0 Å². The van der Waals surface area contributed by atoms with Gasteiger partial charge in [-0.3, -0.25) is 14.4 Å². The van der Waals surface area contributed by atoms with Crippen LogP contribution in [0.5, 0.6) is 5.75 Å². The summed E-state index contributed by atoms with van der Waals surface area (Å²) in [6.45, 7) is 2.53. The van der Waals surface area contributed by atoms with Crippen LogP contribution in [-0.2, 0) is 19.1 Å². The fourth-order valence-electron chi connectivity index (χ4n) is 5.04. The standard InChI is InChI=1S/C22H25N3O5/c26-17-7-10-24(11-9-23-17)20(27)18-16-6-8-22(30-16)14-25(21(28)19(18)22)12-13-29-15-4-2-1-3-5-15/h1-6,8,16,18-19H,7,9-14H2,(H,23,26)/t16-,18-,19-,22-/m0/s1. The van der Waals surface area contributed by atoms with Crippen molar-refractivity contribution in [2.45, 2.75) is 18.1 Å². The van der Waals surface area contributed by atoms with Crippen molar-refractivity contribution in [3.63, 3.8) is 0 Å². The van der Waals surface area contributed by atoms with Crippen LogP contribution in [0.2, 0.25) is 0 Å². The van der Waals surface area contributed by atoms with Crippen molar-refractivity contribution in [2.24, 2.45) is 11.8 Å². The number of nitrogens with one attached hydrogen (secondary N) is 1. The van der Waals surface area contributed by atoms with E-state index in [1.165, 1.54) is 0 Å². The summed E-state index contributed by atoms with van der Waals surface area (Å²) in [4.78, 5) is 41.6. The molecule has 5 rings (SSSR count). The Morgan fingerprint density at radius 1 is 1.23 bits per heavy atom. The highest BCUT2D eigenvalue weighted by Crippen LogP contribution is 2.52. The molecule has 1 spiro atoms. The lowest BCUT2D eigenvalue weighted by Gasteiger charge is -2.29. The van der Waals surface area contributed by atoms with Crippen LogP contribution < -0.4 is 10.1 Å². The lowest BCUT2D eigenvalue weighted by molar-refractivity contribution is -0.143. The van der Waals surface area contributed by atoms with Crippen LogP contribution in [-0.4, -0.2) is 78.6 Å². The Bertz CT molecular complexity index is 888. The van der Waals surface area contributed by atoms with Gasteiger partial charge in [0.2, 0.25) is 17.7 Å². The van der Waals surface area contributed by atoms with E-state index < -0.39 is 17.4 Å². The Morgan fingerprint density at radius 2 is 2.07 bits per heavy atom. The molecule has 0 aromatic heterocycles. The Morgan fingerprint density at radius 3 is 2.90 bits per heavy atom. The van der Waals surface area contributed by atoms with Gasteiger partial charge in [-0.05, 0) is 12.1 Å². The van der Waals surface area contributed by atoms with Crippen molar-refractivity contribution in [3.05, 3.63) is 42.5 Å². The SMILES string of the molecule is O=C1CCN(C(=O)[C@H]2[C@@H]3C=C[C@@]4(CN(CCOc5ccccc5)C(=O)[C@H]24)O3)CCN1. The highest BCUT2D eigenvalue weighted by molar-refractivity contribution is 5.93. The molecule has 0 aliphatic carbocycles. The zero-order valence-corrected chi connectivity index (χ0v) is 16.7. The van der Waals surface area contributed by atoms with Gasteiger partial charge in [0.1, 0.15) is 18.0 Å². The second-order valence-electron chi connectivity index (χ2n) is 8.25. The lowest BCUT2D eigenvalue weighted by Crippen LogP contribution is -2.47. The second kappa shape index (κ2) is 7.43. The van der Waals surface area contributed by atoms with E-state index in [0.29, 0.717) is 39.3 Å². The van der Waals surface area contributed by atoms with Gasteiger partial charge in [0, 0.05) is 26.1 Å². The van der Waals surface area contributed by atoms with E-state index in [-0.39, 0.29) is 30.2 Å². The fourth-order valence-corrected chi connectivity index (χ4v) is 5.04. The van der Waals surface area contributed by atoms with Crippen molar-refractivity contribution in [3.8, 4) is 5.75 Å². The van der Waals surface area contributed by atoms with Gasteiger partial charge in [-0.15, -0.1) is 0 Å². The zero-order chi connectivity index (χ0) is 20.7. The average molecular weight is 411 g/mol. The number of hydrogen-bond donors (Lipinski definition) is 1. The maximum atomic E-state index is 13.3. The largest absolute Gasteiger partial charge is 0.492 e. The topological polar surface area (TPSA) is 88.2 Å². The number of benzene rings is 1. The summed E-state index contributed by atoms with van der Waals surface area (Å²) in [5.74, 6) is -0.479. The number of amides is 3. The van der Waals surface area contributed by atoms with Crippen molar-refractivity contribution in [2.75, 3.05) is 39.3 Å². The molecule has 3 amide bonds. The summed E-state index contributed by atoms with van der Waals surface area (Å²) in [6.07, 6.45) is 3.78. The summed E-state index contributed by atoms with van der Waals surface area (Å²) in [6, 6.07) is 9.48. The Labute approximate surface area is 174 Å². The summed E-state index contributed by atoms with van der Waals surface area (Å²) >= 11 is 0. The molecule has 1 aromatic rings. The minimum absolute atomic E-state index is 0.0487. The molecule has 4 heterocycles. The first-order valence-corrected chi connectivity index (χ1v) is 10.5. The van der Waals surface area contributed by atoms with E-state index in [1.54, 1.807) is 9.80 Å². The molecule has 2 bridgehead atoms. The van der Waals surface area contributed by atoms with Crippen LogP contribution >= 0.6 is 0 Å². The van der Waals surface area contributed by atoms with Gasteiger partial charge in [-0.1, -0.05) is 30.4 Å². The third kappa shape index (κ3) is 3.15. The normalized spacial score (nSPS) is 32.2. The van der Waals surface area contributed by atoms with Gasteiger partial charge in [0.25, 0.3) is 0 Å². The summed E-state index contributed by atoms with van der Waals surface area (Å²) in [5.41, 5.74) is -0.727. The van der Waals surface area contributed by atoms with E-state index in [4.69, 9.17) is 9.47 Å². The van der Waals surface area contributed by atoms with Crippen LogP contribution in [0.4, 0.5) is 0 Å². The summed E-state index contributed by atoms with van der Waals surface area (Å²) in [7, 11) is 0. The first-order valence-electron chi connectivity index (χ1n) is 10.5. The molecule has 1 aromatic carbocycles. The minimum Gasteiger partial charge on any atom is -0.492 e. The number of para-hydroxylation sites is 1.